The Bertz CT molecular complexity index is 1050. The van der Waals surface area contributed by atoms with Crippen molar-refractivity contribution in [3.63, 3.8) is 0 Å². The second kappa shape index (κ2) is 9.40. The number of benzene rings is 2. The van der Waals surface area contributed by atoms with Gasteiger partial charge in [-0.2, -0.15) is 9.97 Å². The molecule has 0 saturated carbocycles. The van der Waals surface area contributed by atoms with Crippen LogP contribution in [0.1, 0.15) is 37.0 Å². The van der Waals surface area contributed by atoms with E-state index < -0.39 is 0 Å². The molecule has 0 amide bonds. The SMILES string of the molecule is Cc1cc2c(N(C)C)nc(OC3CCOCC3)nc2c(OC(C)c2ccccc2)c1Br. The van der Waals surface area contributed by atoms with Crippen molar-refractivity contribution in [2.45, 2.75) is 38.9 Å². The van der Waals surface area contributed by atoms with Gasteiger partial charge in [-0.3, -0.25) is 0 Å². The minimum atomic E-state index is -0.139. The molecule has 7 heteroatoms. The van der Waals surface area contributed by atoms with Crippen LogP contribution in [-0.4, -0.2) is 43.4 Å². The van der Waals surface area contributed by atoms with Crippen molar-refractivity contribution in [3.05, 3.63) is 52.0 Å². The van der Waals surface area contributed by atoms with E-state index in [9.17, 15) is 0 Å². The number of anilines is 1. The highest BCUT2D eigenvalue weighted by Gasteiger charge is 2.23. The maximum absolute atomic E-state index is 6.47. The van der Waals surface area contributed by atoms with Crippen molar-refractivity contribution >= 4 is 32.7 Å². The highest BCUT2D eigenvalue weighted by atomic mass is 79.9. The molecule has 1 aliphatic heterocycles. The number of nitrogens with zero attached hydrogens (tertiary/aromatic N) is 3. The largest absolute Gasteiger partial charge is 0.483 e. The Morgan fingerprint density at radius 1 is 1.13 bits per heavy atom. The van der Waals surface area contributed by atoms with Crippen molar-refractivity contribution in [2.75, 3.05) is 32.2 Å². The molecule has 1 saturated heterocycles. The quantitative estimate of drug-likeness (QED) is 0.461. The Labute approximate surface area is 191 Å². The fraction of sp³-hybridized carbons (Fsp3) is 0.417. The van der Waals surface area contributed by atoms with Gasteiger partial charge in [0.1, 0.15) is 23.5 Å². The summed E-state index contributed by atoms with van der Waals surface area (Å²) in [6.45, 7) is 5.50. The number of ether oxygens (including phenoxy) is 3. The molecule has 1 aromatic heterocycles. The standard InChI is InChI=1S/C24H28BrN3O3/c1-15-14-19-21(22(20(15)25)30-16(2)17-8-6-5-7-9-17)26-24(27-23(19)28(3)4)31-18-10-12-29-13-11-18/h5-9,14,16,18H,10-13H2,1-4H3. The molecular formula is C24H28BrN3O3. The normalized spacial score (nSPS) is 15.6. The van der Waals surface area contributed by atoms with Gasteiger partial charge in [0.25, 0.3) is 0 Å². The maximum atomic E-state index is 6.47. The Morgan fingerprint density at radius 2 is 1.84 bits per heavy atom. The van der Waals surface area contributed by atoms with Crippen LogP contribution in [0.4, 0.5) is 5.82 Å². The summed E-state index contributed by atoms with van der Waals surface area (Å²) in [4.78, 5) is 11.5. The van der Waals surface area contributed by atoms with Gasteiger partial charge in [0.2, 0.25) is 0 Å². The van der Waals surface area contributed by atoms with Crippen LogP contribution in [0, 0.1) is 6.92 Å². The van der Waals surface area contributed by atoms with E-state index in [1.54, 1.807) is 0 Å². The van der Waals surface area contributed by atoms with E-state index in [2.05, 4.69) is 41.1 Å². The minimum absolute atomic E-state index is 0.0581. The highest BCUT2D eigenvalue weighted by Crippen LogP contribution is 2.41. The number of hydrogen-bond acceptors (Lipinski definition) is 6. The first-order chi connectivity index (χ1) is 14.9. The average molecular weight is 486 g/mol. The van der Waals surface area contributed by atoms with Crippen molar-refractivity contribution in [2.24, 2.45) is 0 Å². The summed E-state index contributed by atoms with van der Waals surface area (Å²) in [5.41, 5.74) is 2.90. The first kappa shape index (κ1) is 21.8. The minimum Gasteiger partial charge on any atom is -0.483 e. The summed E-state index contributed by atoms with van der Waals surface area (Å²) < 4.78 is 19.0. The molecule has 31 heavy (non-hydrogen) atoms. The molecule has 3 aromatic rings. The Balaban J connectivity index is 1.80. The van der Waals surface area contributed by atoms with E-state index in [-0.39, 0.29) is 12.2 Å². The van der Waals surface area contributed by atoms with E-state index in [0.717, 1.165) is 45.2 Å². The fourth-order valence-electron chi connectivity index (χ4n) is 3.72. The molecule has 1 fully saturated rings. The maximum Gasteiger partial charge on any atom is 0.319 e. The molecule has 4 rings (SSSR count). The molecule has 2 aromatic carbocycles. The number of hydrogen-bond donors (Lipinski definition) is 0. The highest BCUT2D eigenvalue weighted by molar-refractivity contribution is 9.10. The third kappa shape index (κ3) is 4.77. The van der Waals surface area contributed by atoms with E-state index in [1.165, 1.54) is 0 Å². The fourth-order valence-corrected chi connectivity index (χ4v) is 4.12. The Morgan fingerprint density at radius 3 is 2.52 bits per heavy atom. The molecule has 0 aliphatic carbocycles. The number of halogens is 1. The Hall–Kier alpha value is -2.38. The number of fused-ring (bicyclic) bond motifs is 1. The lowest BCUT2D eigenvalue weighted by molar-refractivity contribution is 0.0219. The molecule has 1 unspecified atom stereocenters. The van der Waals surface area contributed by atoms with Crippen molar-refractivity contribution in [1.29, 1.82) is 0 Å². The molecule has 2 heterocycles. The molecule has 0 radical (unpaired) electrons. The second-order valence-electron chi connectivity index (χ2n) is 8.06. The average Bonchev–Trinajstić information content (AvgIpc) is 2.78. The van der Waals surface area contributed by atoms with Crippen LogP contribution in [0.3, 0.4) is 0 Å². The summed E-state index contributed by atoms with van der Waals surface area (Å²) in [5.74, 6) is 1.51. The van der Waals surface area contributed by atoms with E-state index >= 15 is 0 Å². The smallest absolute Gasteiger partial charge is 0.319 e. The van der Waals surface area contributed by atoms with E-state index in [0.29, 0.717) is 25.0 Å². The van der Waals surface area contributed by atoms with Crippen LogP contribution in [0.15, 0.2) is 40.9 Å². The van der Waals surface area contributed by atoms with Crippen LogP contribution < -0.4 is 14.4 Å². The van der Waals surface area contributed by atoms with E-state index in [1.807, 2.05) is 44.1 Å². The summed E-state index contributed by atoms with van der Waals surface area (Å²) >= 11 is 3.73. The van der Waals surface area contributed by atoms with Gasteiger partial charge in [0.05, 0.1) is 17.7 Å². The number of aromatic nitrogens is 2. The van der Waals surface area contributed by atoms with Crippen LogP contribution >= 0.6 is 15.9 Å². The zero-order chi connectivity index (χ0) is 22.0. The molecule has 164 valence electrons. The Kier molecular flexibility index (Phi) is 6.62. The van der Waals surface area contributed by atoms with Crippen molar-refractivity contribution in [3.8, 4) is 11.8 Å². The lowest BCUT2D eigenvalue weighted by atomic mass is 10.1. The third-order valence-corrected chi connectivity index (χ3v) is 6.44. The molecular weight excluding hydrogens is 458 g/mol. The lowest BCUT2D eigenvalue weighted by Crippen LogP contribution is -2.27. The first-order valence-corrected chi connectivity index (χ1v) is 11.4. The second-order valence-corrected chi connectivity index (χ2v) is 8.85. The summed E-state index contributed by atoms with van der Waals surface area (Å²) in [6, 6.07) is 12.6. The van der Waals surface area contributed by atoms with Crippen molar-refractivity contribution < 1.29 is 14.2 Å². The third-order valence-electron chi connectivity index (χ3n) is 5.45. The van der Waals surface area contributed by atoms with Gasteiger partial charge >= 0.3 is 6.01 Å². The lowest BCUT2D eigenvalue weighted by Gasteiger charge is -2.24. The van der Waals surface area contributed by atoms with Gasteiger partial charge in [-0.15, -0.1) is 0 Å². The molecule has 1 aliphatic rings. The number of rotatable bonds is 6. The van der Waals surface area contributed by atoms with E-state index in [4.69, 9.17) is 24.2 Å². The van der Waals surface area contributed by atoms with Gasteiger partial charge in [-0.1, -0.05) is 30.3 Å². The zero-order valence-corrected chi connectivity index (χ0v) is 20.0. The van der Waals surface area contributed by atoms with Crippen LogP contribution in [0.2, 0.25) is 0 Å². The molecule has 0 bridgehead atoms. The van der Waals surface area contributed by atoms with Crippen molar-refractivity contribution in [1.82, 2.24) is 9.97 Å². The summed E-state index contributed by atoms with van der Waals surface area (Å²) in [6.07, 6.45) is 1.60. The predicted octanol–water partition coefficient (Wildman–Crippen LogP) is 5.46. The molecule has 6 nitrogen and oxygen atoms in total. The number of aryl methyl sites for hydroxylation is 1. The monoisotopic (exact) mass is 485 g/mol. The first-order valence-electron chi connectivity index (χ1n) is 10.6. The predicted molar refractivity (Wildman–Crippen MR) is 126 cm³/mol. The van der Waals surface area contributed by atoms with Gasteiger partial charge in [0.15, 0.2) is 5.75 Å². The molecule has 0 N–H and O–H groups in total. The van der Waals surface area contributed by atoms with Crippen LogP contribution in [-0.2, 0) is 4.74 Å². The van der Waals surface area contributed by atoms with Crippen LogP contribution in [0.5, 0.6) is 11.8 Å². The summed E-state index contributed by atoms with van der Waals surface area (Å²) in [7, 11) is 3.95. The topological polar surface area (TPSA) is 56.7 Å². The van der Waals surface area contributed by atoms with Crippen LogP contribution in [0.25, 0.3) is 10.9 Å². The molecule has 1 atom stereocenters. The van der Waals surface area contributed by atoms with Gasteiger partial charge in [0, 0.05) is 32.3 Å². The van der Waals surface area contributed by atoms with Gasteiger partial charge in [-0.05, 0) is 47.0 Å². The summed E-state index contributed by atoms with van der Waals surface area (Å²) in [5, 5.41) is 0.931. The molecule has 0 spiro atoms. The zero-order valence-electron chi connectivity index (χ0n) is 18.4. The van der Waals surface area contributed by atoms with Gasteiger partial charge < -0.3 is 19.1 Å². The van der Waals surface area contributed by atoms with Gasteiger partial charge in [-0.25, -0.2) is 0 Å².